The van der Waals surface area contributed by atoms with Gasteiger partial charge in [-0.1, -0.05) is 18.2 Å². The topological polar surface area (TPSA) is 34.9 Å². The minimum absolute atomic E-state index is 0.359. The van der Waals surface area contributed by atoms with Crippen LogP contribution >= 0.6 is 0 Å². The predicted octanol–water partition coefficient (Wildman–Crippen LogP) is 2.78. The molecule has 1 aliphatic carbocycles. The molecule has 0 aliphatic heterocycles. The summed E-state index contributed by atoms with van der Waals surface area (Å²) in [5, 5.41) is 4.33. The molecule has 1 aromatic heterocycles. The van der Waals surface area contributed by atoms with Crippen LogP contribution in [-0.2, 0) is 11.2 Å². The lowest BCUT2D eigenvalue weighted by atomic mass is 10.1. The van der Waals surface area contributed by atoms with Gasteiger partial charge in [0.15, 0.2) is 0 Å². The summed E-state index contributed by atoms with van der Waals surface area (Å²) in [4.78, 5) is 11.7. The Hall–Kier alpha value is -1.90. The van der Waals surface area contributed by atoms with E-state index in [1.54, 1.807) is 6.20 Å². The summed E-state index contributed by atoms with van der Waals surface area (Å²) < 4.78 is 1.92. The first-order valence-corrected chi connectivity index (χ1v) is 6.45. The van der Waals surface area contributed by atoms with Crippen molar-refractivity contribution in [3.05, 3.63) is 48.3 Å². The summed E-state index contributed by atoms with van der Waals surface area (Å²) in [6.07, 6.45) is 5.41. The number of aryl methyl sites for hydroxylation is 1. The number of hydrogen-bond donors (Lipinski definition) is 0. The average Bonchev–Trinajstić information content (AvgIpc) is 3.16. The Morgan fingerprint density at radius 2 is 2.00 bits per heavy atom. The Balaban J connectivity index is 1.73. The normalized spacial score (nSPS) is 14.7. The van der Waals surface area contributed by atoms with Crippen LogP contribution in [0.25, 0.3) is 5.69 Å². The molecule has 1 heterocycles. The van der Waals surface area contributed by atoms with Crippen molar-refractivity contribution in [3.8, 4) is 5.69 Å². The fourth-order valence-corrected chi connectivity index (χ4v) is 2.18. The molecular formula is C15H16N2O. The zero-order valence-electron chi connectivity index (χ0n) is 10.2. The molecule has 0 saturated heterocycles. The number of carbonyl (C=O) groups excluding carboxylic acids is 1. The highest BCUT2D eigenvalue weighted by atomic mass is 16.1. The first-order valence-electron chi connectivity index (χ1n) is 6.45. The zero-order chi connectivity index (χ0) is 12.4. The molecule has 0 spiro atoms. The van der Waals surface area contributed by atoms with Gasteiger partial charge in [-0.25, -0.2) is 4.68 Å². The first-order chi connectivity index (χ1) is 8.84. The van der Waals surface area contributed by atoms with Gasteiger partial charge in [0.1, 0.15) is 5.78 Å². The lowest BCUT2D eigenvalue weighted by molar-refractivity contribution is -0.120. The maximum atomic E-state index is 11.7. The molecule has 0 N–H and O–H groups in total. The van der Waals surface area contributed by atoms with Crippen molar-refractivity contribution in [2.75, 3.05) is 0 Å². The van der Waals surface area contributed by atoms with E-state index in [-0.39, 0.29) is 0 Å². The molecule has 1 saturated carbocycles. The monoisotopic (exact) mass is 240 g/mol. The average molecular weight is 240 g/mol. The van der Waals surface area contributed by atoms with Crippen LogP contribution in [0.1, 0.15) is 25.0 Å². The van der Waals surface area contributed by atoms with Gasteiger partial charge in [-0.15, -0.1) is 0 Å². The van der Waals surface area contributed by atoms with Crippen LogP contribution in [-0.4, -0.2) is 15.6 Å². The SMILES string of the molecule is O=C(CCc1ccnn1-c1ccccc1)C1CC1. The molecule has 1 fully saturated rings. The van der Waals surface area contributed by atoms with E-state index in [4.69, 9.17) is 0 Å². The van der Waals surface area contributed by atoms with Gasteiger partial charge in [0.2, 0.25) is 0 Å². The Bertz CT molecular complexity index is 541. The molecule has 0 radical (unpaired) electrons. The summed E-state index contributed by atoms with van der Waals surface area (Å²) >= 11 is 0. The van der Waals surface area contributed by atoms with Gasteiger partial charge in [-0.05, 0) is 37.5 Å². The highest BCUT2D eigenvalue weighted by Gasteiger charge is 2.28. The number of ketones is 1. The molecule has 92 valence electrons. The number of hydrogen-bond acceptors (Lipinski definition) is 2. The second kappa shape index (κ2) is 4.77. The second-order valence-electron chi connectivity index (χ2n) is 4.81. The third kappa shape index (κ3) is 2.35. The molecule has 3 nitrogen and oxygen atoms in total. The van der Waals surface area contributed by atoms with E-state index in [9.17, 15) is 4.79 Å². The van der Waals surface area contributed by atoms with Gasteiger partial charge >= 0.3 is 0 Å². The largest absolute Gasteiger partial charge is 0.299 e. The maximum absolute atomic E-state index is 11.7. The van der Waals surface area contributed by atoms with E-state index in [2.05, 4.69) is 5.10 Å². The summed E-state index contributed by atoms with van der Waals surface area (Å²) in [6, 6.07) is 12.0. The molecule has 0 amide bonds. The minimum atomic E-state index is 0.359. The van der Waals surface area contributed by atoms with Crippen LogP contribution in [0, 0.1) is 5.92 Å². The van der Waals surface area contributed by atoms with Crippen molar-refractivity contribution in [3.63, 3.8) is 0 Å². The number of nitrogens with zero attached hydrogens (tertiary/aromatic N) is 2. The van der Waals surface area contributed by atoms with Gasteiger partial charge in [-0.2, -0.15) is 5.10 Å². The van der Waals surface area contributed by atoms with Crippen molar-refractivity contribution < 1.29 is 4.79 Å². The summed E-state index contributed by atoms with van der Waals surface area (Å²) in [5.74, 6) is 0.772. The maximum Gasteiger partial charge on any atom is 0.136 e. The predicted molar refractivity (Wildman–Crippen MR) is 69.6 cm³/mol. The molecule has 0 unspecified atom stereocenters. The number of aromatic nitrogens is 2. The first kappa shape index (κ1) is 11.2. The van der Waals surface area contributed by atoms with Gasteiger partial charge in [0, 0.05) is 24.2 Å². The van der Waals surface area contributed by atoms with Gasteiger partial charge in [0.25, 0.3) is 0 Å². The molecule has 0 atom stereocenters. The quantitative estimate of drug-likeness (QED) is 0.805. The molecule has 2 aromatic rings. The van der Waals surface area contributed by atoms with Crippen molar-refractivity contribution in [1.29, 1.82) is 0 Å². The Morgan fingerprint density at radius 3 is 2.72 bits per heavy atom. The van der Waals surface area contributed by atoms with E-state index in [1.165, 1.54) is 0 Å². The fourth-order valence-electron chi connectivity index (χ4n) is 2.18. The second-order valence-corrected chi connectivity index (χ2v) is 4.81. The van der Waals surface area contributed by atoms with Crippen molar-refractivity contribution in [1.82, 2.24) is 9.78 Å². The number of para-hydroxylation sites is 1. The number of Topliss-reactive ketones (excluding diaryl/α,β-unsaturated/α-hetero) is 1. The van der Waals surface area contributed by atoms with Gasteiger partial charge in [-0.3, -0.25) is 4.79 Å². The summed E-state index contributed by atoms with van der Waals surface area (Å²) in [6.45, 7) is 0. The van der Waals surface area contributed by atoms with Crippen LogP contribution in [0.4, 0.5) is 0 Å². The molecule has 1 aliphatic rings. The Labute approximate surface area is 106 Å². The van der Waals surface area contributed by atoms with E-state index in [0.717, 1.165) is 30.6 Å². The van der Waals surface area contributed by atoms with Gasteiger partial charge < -0.3 is 0 Å². The Kier molecular flexibility index (Phi) is 2.97. The summed E-state index contributed by atoms with van der Waals surface area (Å²) in [5.41, 5.74) is 2.16. The molecule has 1 aromatic carbocycles. The van der Waals surface area contributed by atoms with Crippen LogP contribution in [0.3, 0.4) is 0 Å². The summed E-state index contributed by atoms with van der Waals surface area (Å²) in [7, 11) is 0. The van der Waals surface area contributed by atoms with E-state index in [1.807, 2.05) is 41.1 Å². The standard InChI is InChI=1S/C15H16N2O/c18-15(12-6-7-12)9-8-14-10-11-16-17(14)13-4-2-1-3-5-13/h1-5,10-12H,6-9H2. The van der Waals surface area contributed by atoms with Crippen LogP contribution in [0.15, 0.2) is 42.6 Å². The van der Waals surface area contributed by atoms with Crippen LogP contribution in [0.5, 0.6) is 0 Å². The van der Waals surface area contributed by atoms with Crippen molar-refractivity contribution in [2.45, 2.75) is 25.7 Å². The zero-order valence-corrected chi connectivity index (χ0v) is 10.2. The molecule has 18 heavy (non-hydrogen) atoms. The van der Waals surface area contributed by atoms with E-state index in [0.29, 0.717) is 18.1 Å². The third-order valence-corrected chi connectivity index (χ3v) is 3.38. The minimum Gasteiger partial charge on any atom is -0.299 e. The molecular weight excluding hydrogens is 224 g/mol. The van der Waals surface area contributed by atoms with Crippen LogP contribution in [0.2, 0.25) is 0 Å². The van der Waals surface area contributed by atoms with Crippen molar-refractivity contribution >= 4 is 5.78 Å². The van der Waals surface area contributed by atoms with Crippen LogP contribution < -0.4 is 0 Å². The van der Waals surface area contributed by atoms with Crippen molar-refractivity contribution in [2.24, 2.45) is 5.92 Å². The Morgan fingerprint density at radius 1 is 1.22 bits per heavy atom. The number of benzene rings is 1. The molecule has 3 rings (SSSR count). The lowest BCUT2D eigenvalue weighted by Gasteiger charge is -2.06. The number of rotatable bonds is 5. The number of carbonyl (C=O) groups is 1. The third-order valence-electron chi connectivity index (χ3n) is 3.38. The smallest absolute Gasteiger partial charge is 0.136 e. The van der Waals surface area contributed by atoms with Gasteiger partial charge in [0.05, 0.1) is 5.69 Å². The highest BCUT2D eigenvalue weighted by molar-refractivity contribution is 5.83. The molecule has 3 heteroatoms. The van der Waals surface area contributed by atoms with E-state index < -0.39 is 0 Å². The highest BCUT2D eigenvalue weighted by Crippen LogP contribution is 2.31. The van der Waals surface area contributed by atoms with E-state index >= 15 is 0 Å². The fraction of sp³-hybridized carbons (Fsp3) is 0.333. The lowest BCUT2D eigenvalue weighted by Crippen LogP contribution is -2.06. The molecule has 0 bridgehead atoms.